The fourth-order valence-corrected chi connectivity index (χ4v) is 5.53. The lowest BCUT2D eigenvalue weighted by Crippen LogP contribution is -2.39. The monoisotopic (exact) mass is 426 g/mol. The van der Waals surface area contributed by atoms with Crippen LogP contribution in [0.3, 0.4) is 0 Å². The quantitative estimate of drug-likeness (QED) is 0.590. The number of benzene rings is 2. The lowest BCUT2D eigenvalue weighted by molar-refractivity contribution is 0.505. The Morgan fingerprint density at radius 3 is 2.57 bits per heavy atom. The molecule has 0 radical (unpaired) electrons. The number of hydrogen-bond donors (Lipinski definition) is 2. The molecule has 0 fully saturated rings. The van der Waals surface area contributed by atoms with E-state index in [1.165, 1.54) is 27.8 Å². The molecule has 0 bridgehead atoms. The maximum atomic E-state index is 12.8. The number of hydrogen-bond acceptors (Lipinski definition) is 3. The molecular formula is C25H34N2O2S. The van der Waals surface area contributed by atoms with Gasteiger partial charge in [0.25, 0.3) is 0 Å². The highest BCUT2D eigenvalue weighted by Gasteiger charge is 2.26. The van der Waals surface area contributed by atoms with Gasteiger partial charge in [0.1, 0.15) is 0 Å². The number of allylic oxidation sites excluding steroid dienone is 1. The van der Waals surface area contributed by atoms with Crippen molar-refractivity contribution in [2.75, 3.05) is 6.54 Å². The summed E-state index contributed by atoms with van der Waals surface area (Å²) < 4.78 is 28.5. The van der Waals surface area contributed by atoms with Gasteiger partial charge in [-0.2, -0.15) is 0 Å². The van der Waals surface area contributed by atoms with Crippen LogP contribution in [0, 0.1) is 6.92 Å². The third-order valence-corrected chi connectivity index (χ3v) is 7.48. The summed E-state index contributed by atoms with van der Waals surface area (Å²) >= 11 is 0. The van der Waals surface area contributed by atoms with Crippen molar-refractivity contribution in [3.8, 4) is 0 Å². The van der Waals surface area contributed by atoms with E-state index in [-0.39, 0.29) is 6.04 Å². The Balaban J connectivity index is 1.80. The van der Waals surface area contributed by atoms with E-state index in [2.05, 4.69) is 30.4 Å². The van der Waals surface area contributed by atoms with Crippen molar-refractivity contribution in [2.45, 2.75) is 69.7 Å². The molecule has 0 spiro atoms. The van der Waals surface area contributed by atoms with Gasteiger partial charge in [-0.25, -0.2) is 13.1 Å². The predicted molar refractivity (Wildman–Crippen MR) is 124 cm³/mol. The lowest BCUT2D eigenvalue weighted by atomic mass is 9.81. The van der Waals surface area contributed by atoms with Crippen molar-refractivity contribution in [3.63, 3.8) is 0 Å². The molecule has 0 aliphatic heterocycles. The lowest BCUT2D eigenvalue weighted by Gasteiger charge is -2.28. The van der Waals surface area contributed by atoms with Crippen molar-refractivity contribution in [1.29, 1.82) is 0 Å². The number of fused-ring (bicyclic) bond motifs is 1. The summed E-state index contributed by atoms with van der Waals surface area (Å²) in [6.07, 6.45) is 6.42. The van der Waals surface area contributed by atoms with E-state index in [1.807, 2.05) is 19.1 Å². The van der Waals surface area contributed by atoms with Crippen molar-refractivity contribution >= 4 is 10.0 Å². The van der Waals surface area contributed by atoms with Crippen LogP contribution in [0.25, 0.3) is 0 Å². The minimum Gasteiger partial charge on any atom is -0.330 e. The van der Waals surface area contributed by atoms with E-state index in [0.29, 0.717) is 11.4 Å². The number of aryl methyl sites for hydroxylation is 2. The van der Waals surface area contributed by atoms with Gasteiger partial charge in [-0.15, -0.1) is 6.58 Å². The average molecular weight is 427 g/mol. The molecule has 0 saturated heterocycles. The summed E-state index contributed by atoms with van der Waals surface area (Å²) in [6.45, 7) is 8.79. The smallest absolute Gasteiger partial charge is 0.240 e. The summed E-state index contributed by atoms with van der Waals surface area (Å²) in [5.74, 6) is 0. The Kier molecular flexibility index (Phi) is 7.50. The van der Waals surface area contributed by atoms with Gasteiger partial charge < -0.3 is 5.73 Å². The van der Waals surface area contributed by atoms with Crippen LogP contribution in [0.1, 0.15) is 54.0 Å². The molecule has 4 nitrogen and oxygen atoms in total. The van der Waals surface area contributed by atoms with Crippen LogP contribution in [-0.4, -0.2) is 21.0 Å². The highest BCUT2D eigenvalue weighted by Crippen LogP contribution is 2.30. The van der Waals surface area contributed by atoms with Crippen molar-refractivity contribution < 1.29 is 8.42 Å². The first-order valence-corrected chi connectivity index (χ1v) is 12.3. The molecule has 3 rings (SSSR count). The summed E-state index contributed by atoms with van der Waals surface area (Å²) in [5, 5.41) is 0. The predicted octanol–water partition coefficient (Wildman–Crippen LogP) is 4.23. The Labute approximate surface area is 181 Å². The Hall–Kier alpha value is -1.95. The Morgan fingerprint density at radius 1 is 1.17 bits per heavy atom. The highest BCUT2D eigenvalue weighted by atomic mass is 32.2. The molecule has 0 aromatic heterocycles. The van der Waals surface area contributed by atoms with Crippen LogP contribution in [-0.2, 0) is 35.7 Å². The van der Waals surface area contributed by atoms with Gasteiger partial charge >= 0.3 is 0 Å². The third kappa shape index (κ3) is 5.60. The van der Waals surface area contributed by atoms with Gasteiger partial charge in [-0.1, -0.05) is 35.4 Å². The normalized spacial score (nSPS) is 16.3. The highest BCUT2D eigenvalue weighted by molar-refractivity contribution is 7.89. The van der Waals surface area contributed by atoms with Gasteiger partial charge in [-0.3, -0.25) is 0 Å². The summed E-state index contributed by atoms with van der Waals surface area (Å²) in [7, 11) is -3.51. The van der Waals surface area contributed by atoms with Crippen LogP contribution < -0.4 is 10.5 Å². The second-order valence-electron chi connectivity index (χ2n) is 8.56. The molecule has 30 heavy (non-hydrogen) atoms. The van der Waals surface area contributed by atoms with Crippen molar-refractivity contribution in [3.05, 3.63) is 76.4 Å². The molecule has 5 heteroatoms. The topological polar surface area (TPSA) is 72.2 Å². The Morgan fingerprint density at radius 2 is 1.90 bits per heavy atom. The van der Waals surface area contributed by atoms with Crippen LogP contribution >= 0.6 is 0 Å². The van der Waals surface area contributed by atoms with Crippen LogP contribution in [0.4, 0.5) is 0 Å². The maximum Gasteiger partial charge on any atom is 0.240 e. The molecule has 2 aromatic rings. The Bertz CT molecular complexity index is 995. The van der Waals surface area contributed by atoms with E-state index in [0.717, 1.165) is 50.5 Å². The largest absolute Gasteiger partial charge is 0.330 e. The van der Waals surface area contributed by atoms with E-state index in [1.54, 1.807) is 12.1 Å². The van der Waals surface area contributed by atoms with E-state index >= 15 is 0 Å². The van der Waals surface area contributed by atoms with Gasteiger partial charge in [0, 0.05) is 6.04 Å². The zero-order chi connectivity index (χ0) is 21.7. The minimum absolute atomic E-state index is 0.0762. The van der Waals surface area contributed by atoms with Crippen molar-refractivity contribution in [2.24, 2.45) is 5.73 Å². The number of rotatable bonds is 9. The first-order valence-electron chi connectivity index (χ1n) is 10.9. The summed E-state index contributed by atoms with van der Waals surface area (Å²) in [4.78, 5) is 0.332. The molecule has 3 N–H and O–H groups in total. The number of nitrogens with one attached hydrogen (secondary N) is 1. The molecule has 0 amide bonds. The standard InChI is InChI=1S/C25H34N2O2S/c1-18(2)6-14-24-20(5-4-16-26)9-10-21-17-22(11-15-25(21)24)27-30(28,29)23-12-7-19(3)8-13-23/h7-10,12-13,22,27H,1,4-6,11,14-17,26H2,2-3H3. The minimum atomic E-state index is -3.51. The fraction of sp³-hybridized carbons (Fsp3) is 0.440. The van der Waals surface area contributed by atoms with Crippen molar-refractivity contribution in [1.82, 2.24) is 4.72 Å². The SMILES string of the molecule is C=C(C)CCc1c(CCCN)ccc2c1CCC(NS(=O)(=O)c1ccc(C)cc1)C2. The summed E-state index contributed by atoms with van der Waals surface area (Å²) in [6, 6.07) is 11.4. The van der Waals surface area contributed by atoms with Crippen LogP contribution in [0.2, 0.25) is 0 Å². The number of nitrogens with two attached hydrogens (primary N) is 1. The molecule has 0 saturated carbocycles. The molecule has 1 aliphatic carbocycles. The van der Waals surface area contributed by atoms with Gasteiger partial charge in [0.05, 0.1) is 4.90 Å². The zero-order valence-electron chi connectivity index (χ0n) is 18.2. The first kappa shape index (κ1) is 22.7. The third-order valence-electron chi connectivity index (χ3n) is 5.94. The van der Waals surface area contributed by atoms with Crippen LogP contribution in [0.15, 0.2) is 53.4 Å². The average Bonchev–Trinajstić information content (AvgIpc) is 2.70. The molecule has 2 aromatic carbocycles. The van der Waals surface area contributed by atoms with E-state index < -0.39 is 10.0 Å². The first-order chi connectivity index (χ1) is 14.3. The number of sulfonamides is 1. The van der Waals surface area contributed by atoms with Gasteiger partial charge in [-0.05, 0) is 99.7 Å². The summed E-state index contributed by atoms with van der Waals surface area (Å²) in [5.41, 5.74) is 13.5. The maximum absolute atomic E-state index is 12.8. The molecular weight excluding hydrogens is 392 g/mol. The molecule has 162 valence electrons. The van der Waals surface area contributed by atoms with Gasteiger partial charge in [0.15, 0.2) is 0 Å². The zero-order valence-corrected chi connectivity index (χ0v) is 19.0. The second kappa shape index (κ2) is 9.90. The van der Waals surface area contributed by atoms with E-state index in [4.69, 9.17) is 5.73 Å². The molecule has 1 aliphatic rings. The fourth-order valence-electron chi connectivity index (χ4n) is 4.26. The van der Waals surface area contributed by atoms with E-state index in [9.17, 15) is 8.42 Å². The van der Waals surface area contributed by atoms with Crippen LogP contribution in [0.5, 0.6) is 0 Å². The molecule has 1 unspecified atom stereocenters. The second-order valence-corrected chi connectivity index (χ2v) is 10.3. The molecule has 1 atom stereocenters. The molecule has 0 heterocycles. The van der Waals surface area contributed by atoms with Gasteiger partial charge in [0.2, 0.25) is 10.0 Å².